The molecule has 0 amide bonds. The average Bonchev–Trinajstić information content (AvgIpc) is 2.63. The molecule has 0 spiro atoms. The zero-order valence-corrected chi connectivity index (χ0v) is 17.2. The molecule has 0 aliphatic carbocycles. The van der Waals surface area contributed by atoms with E-state index < -0.39 is 0 Å². The van der Waals surface area contributed by atoms with Crippen molar-refractivity contribution < 1.29 is 20.1 Å². The topological polar surface area (TPSA) is 69.9 Å². The number of benzene rings is 3. The van der Waals surface area contributed by atoms with Crippen molar-refractivity contribution in [2.75, 3.05) is 0 Å². The van der Waals surface area contributed by atoms with E-state index in [2.05, 4.69) is 19.1 Å². The van der Waals surface area contributed by atoms with E-state index in [9.17, 15) is 15.3 Å². The van der Waals surface area contributed by atoms with Gasteiger partial charge in [-0.2, -0.15) is 0 Å². The predicted molar refractivity (Wildman–Crippen MR) is 113 cm³/mol. The second-order valence-corrected chi connectivity index (χ2v) is 8.19. The number of rotatable bonds is 1. The summed E-state index contributed by atoms with van der Waals surface area (Å²) in [5.41, 5.74) is 6.82. The van der Waals surface area contributed by atoms with Gasteiger partial charge in [0.05, 0.1) is 0 Å². The van der Waals surface area contributed by atoms with Gasteiger partial charge in [-0.3, -0.25) is 0 Å². The minimum atomic E-state index is -0.134. The second-order valence-electron chi connectivity index (χ2n) is 8.19. The fourth-order valence-corrected chi connectivity index (χ4v) is 4.43. The molecule has 3 N–H and O–H groups in total. The number of phenols is 3. The Labute approximate surface area is 171 Å². The Morgan fingerprint density at radius 2 is 1.48 bits per heavy atom. The van der Waals surface area contributed by atoms with Gasteiger partial charge in [0.2, 0.25) is 0 Å². The number of hydrogen-bond donors (Lipinski definition) is 3. The standard InChI is InChI=1S/C25H26O4/c1-13-7-15(3)24-19(8-13)10-18(17-5-6-21(26)22(27)12-17)11-20-23(28)14(2)9-16(4)25(20)29-24/h5-9,12,18,26-28H,10-11H2,1-4H3. The van der Waals surface area contributed by atoms with Crippen molar-refractivity contribution in [1.29, 1.82) is 0 Å². The maximum atomic E-state index is 10.8. The van der Waals surface area contributed by atoms with Crippen molar-refractivity contribution in [2.45, 2.75) is 46.5 Å². The molecule has 4 heteroatoms. The summed E-state index contributed by atoms with van der Waals surface area (Å²) in [6, 6.07) is 11.2. The van der Waals surface area contributed by atoms with E-state index >= 15 is 0 Å². The minimum Gasteiger partial charge on any atom is -0.507 e. The SMILES string of the molecule is Cc1cc(C)c2c(c1)CC(c1ccc(O)c(O)c1)Cc1c(O)c(C)cc(C)c1O2. The fourth-order valence-electron chi connectivity index (χ4n) is 4.43. The van der Waals surface area contributed by atoms with E-state index in [4.69, 9.17) is 4.74 Å². The van der Waals surface area contributed by atoms with Gasteiger partial charge < -0.3 is 20.1 Å². The highest BCUT2D eigenvalue weighted by atomic mass is 16.5. The quantitative estimate of drug-likeness (QED) is 0.465. The molecule has 0 aromatic heterocycles. The van der Waals surface area contributed by atoms with Gasteiger partial charge in [-0.25, -0.2) is 0 Å². The highest BCUT2D eigenvalue weighted by molar-refractivity contribution is 5.58. The van der Waals surface area contributed by atoms with Gasteiger partial charge in [-0.15, -0.1) is 0 Å². The van der Waals surface area contributed by atoms with E-state index in [1.165, 1.54) is 11.6 Å². The van der Waals surface area contributed by atoms with Crippen LogP contribution in [0.3, 0.4) is 0 Å². The number of phenolic OH excluding ortho intramolecular Hbond substituents is 3. The highest BCUT2D eigenvalue weighted by Crippen LogP contribution is 2.45. The van der Waals surface area contributed by atoms with E-state index in [0.717, 1.165) is 39.1 Å². The molecular weight excluding hydrogens is 364 g/mol. The Kier molecular flexibility index (Phi) is 4.65. The van der Waals surface area contributed by atoms with Crippen LogP contribution in [0.15, 0.2) is 36.4 Å². The third-order valence-corrected chi connectivity index (χ3v) is 5.81. The average molecular weight is 390 g/mol. The molecule has 1 heterocycles. The second kappa shape index (κ2) is 7.03. The zero-order chi connectivity index (χ0) is 20.9. The largest absolute Gasteiger partial charge is 0.507 e. The van der Waals surface area contributed by atoms with Crippen molar-refractivity contribution in [3.8, 4) is 28.7 Å². The summed E-state index contributed by atoms with van der Waals surface area (Å²) in [5.74, 6) is 1.53. The highest BCUT2D eigenvalue weighted by Gasteiger charge is 2.27. The molecule has 1 aliphatic rings. The van der Waals surface area contributed by atoms with Crippen LogP contribution in [0.25, 0.3) is 0 Å². The lowest BCUT2D eigenvalue weighted by Crippen LogP contribution is -2.13. The predicted octanol–water partition coefficient (Wildman–Crippen LogP) is 5.71. The normalized spacial score (nSPS) is 15.7. The van der Waals surface area contributed by atoms with Crippen molar-refractivity contribution in [3.05, 3.63) is 75.3 Å². The number of fused-ring (bicyclic) bond motifs is 2. The van der Waals surface area contributed by atoms with Gasteiger partial charge in [0, 0.05) is 5.56 Å². The molecular formula is C25H26O4. The summed E-state index contributed by atoms with van der Waals surface area (Å²) in [6.07, 6.45) is 1.27. The van der Waals surface area contributed by atoms with Crippen LogP contribution in [-0.2, 0) is 12.8 Å². The first-order valence-electron chi connectivity index (χ1n) is 9.86. The van der Waals surface area contributed by atoms with Gasteiger partial charge >= 0.3 is 0 Å². The molecule has 150 valence electrons. The maximum Gasteiger partial charge on any atom is 0.157 e. The van der Waals surface area contributed by atoms with Gasteiger partial charge in [0.1, 0.15) is 17.2 Å². The molecule has 0 bridgehead atoms. The van der Waals surface area contributed by atoms with Crippen LogP contribution in [0, 0.1) is 27.7 Å². The lowest BCUT2D eigenvalue weighted by Gasteiger charge is -2.28. The molecule has 29 heavy (non-hydrogen) atoms. The van der Waals surface area contributed by atoms with Crippen LogP contribution >= 0.6 is 0 Å². The fraction of sp³-hybridized carbons (Fsp3) is 0.280. The molecule has 0 fully saturated rings. The van der Waals surface area contributed by atoms with E-state index in [0.29, 0.717) is 18.6 Å². The summed E-state index contributed by atoms with van der Waals surface area (Å²) in [6.45, 7) is 8.00. The Bertz CT molecular complexity index is 1110. The number of hydrogen-bond acceptors (Lipinski definition) is 4. The summed E-state index contributed by atoms with van der Waals surface area (Å²) >= 11 is 0. The maximum absolute atomic E-state index is 10.8. The van der Waals surface area contributed by atoms with Crippen LogP contribution in [-0.4, -0.2) is 15.3 Å². The molecule has 4 rings (SSSR count). The van der Waals surface area contributed by atoms with E-state index in [1.54, 1.807) is 6.07 Å². The van der Waals surface area contributed by atoms with E-state index in [1.807, 2.05) is 32.9 Å². The molecule has 1 aliphatic heterocycles. The van der Waals surface area contributed by atoms with E-state index in [-0.39, 0.29) is 23.2 Å². The van der Waals surface area contributed by atoms with Crippen LogP contribution in [0.4, 0.5) is 0 Å². The molecule has 3 aromatic rings. The van der Waals surface area contributed by atoms with Crippen molar-refractivity contribution in [1.82, 2.24) is 0 Å². The third kappa shape index (κ3) is 3.39. The summed E-state index contributed by atoms with van der Waals surface area (Å²) in [4.78, 5) is 0. The first-order chi connectivity index (χ1) is 13.7. The Morgan fingerprint density at radius 1 is 0.759 bits per heavy atom. The first kappa shape index (κ1) is 19.2. The van der Waals surface area contributed by atoms with Crippen LogP contribution in [0.2, 0.25) is 0 Å². The summed E-state index contributed by atoms with van der Waals surface area (Å²) in [7, 11) is 0. The van der Waals surface area contributed by atoms with Crippen molar-refractivity contribution in [3.63, 3.8) is 0 Å². The van der Waals surface area contributed by atoms with Gasteiger partial charge in [-0.05, 0) is 92.5 Å². The number of aromatic hydroxyl groups is 3. The molecule has 4 nitrogen and oxygen atoms in total. The lowest BCUT2D eigenvalue weighted by molar-refractivity contribution is 0.401. The number of ether oxygens (including phenoxy) is 1. The summed E-state index contributed by atoms with van der Waals surface area (Å²) < 4.78 is 6.41. The third-order valence-electron chi connectivity index (χ3n) is 5.81. The molecule has 0 radical (unpaired) electrons. The van der Waals surface area contributed by atoms with Crippen molar-refractivity contribution >= 4 is 0 Å². The summed E-state index contributed by atoms with van der Waals surface area (Å²) in [5, 5.41) is 30.6. The Hall–Kier alpha value is -3.14. The molecule has 1 atom stereocenters. The molecule has 0 saturated heterocycles. The zero-order valence-electron chi connectivity index (χ0n) is 17.2. The van der Waals surface area contributed by atoms with Gasteiger partial charge in [0.15, 0.2) is 11.5 Å². The molecule has 3 aromatic carbocycles. The Morgan fingerprint density at radius 3 is 2.21 bits per heavy atom. The molecule has 0 saturated carbocycles. The van der Waals surface area contributed by atoms with Crippen LogP contribution in [0.1, 0.15) is 44.9 Å². The number of aryl methyl sites for hydroxylation is 4. The monoisotopic (exact) mass is 390 g/mol. The van der Waals surface area contributed by atoms with Crippen LogP contribution < -0.4 is 4.74 Å². The Balaban J connectivity index is 1.95. The van der Waals surface area contributed by atoms with Gasteiger partial charge in [-0.1, -0.05) is 23.8 Å². The first-order valence-corrected chi connectivity index (χ1v) is 9.86. The lowest BCUT2D eigenvalue weighted by atomic mass is 9.83. The van der Waals surface area contributed by atoms with Crippen LogP contribution in [0.5, 0.6) is 28.7 Å². The van der Waals surface area contributed by atoms with Crippen molar-refractivity contribution in [2.24, 2.45) is 0 Å². The van der Waals surface area contributed by atoms with Gasteiger partial charge in [0.25, 0.3) is 0 Å². The smallest absolute Gasteiger partial charge is 0.157 e. The minimum absolute atomic E-state index is 0.0104. The molecule has 1 unspecified atom stereocenters.